The lowest BCUT2D eigenvalue weighted by Gasteiger charge is -2.42. The van der Waals surface area contributed by atoms with Crippen LogP contribution in [-0.4, -0.2) is 17.5 Å². The number of aliphatic hydroxyl groups is 1. The number of hydrogen-bond acceptors (Lipinski definition) is 2. The first-order valence-corrected chi connectivity index (χ1v) is 5.87. The average Bonchev–Trinajstić information content (AvgIpc) is 2.19. The minimum Gasteiger partial charge on any atom is -0.396 e. The van der Waals surface area contributed by atoms with Gasteiger partial charge in [-0.15, -0.1) is 0 Å². The van der Waals surface area contributed by atoms with Crippen LogP contribution >= 0.6 is 0 Å². The van der Waals surface area contributed by atoms with Gasteiger partial charge in [0.25, 0.3) is 0 Å². The predicted molar refractivity (Wildman–Crippen MR) is 54.8 cm³/mol. The Labute approximate surface area is 85.7 Å². The van der Waals surface area contributed by atoms with Crippen LogP contribution in [0.4, 0.5) is 0 Å². The van der Waals surface area contributed by atoms with Crippen LogP contribution in [0.2, 0.25) is 0 Å². The van der Waals surface area contributed by atoms with Gasteiger partial charge >= 0.3 is 0 Å². The summed E-state index contributed by atoms with van der Waals surface area (Å²) in [6.07, 6.45) is 5.43. The summed E-state index contributed by atoms with van der Waals surface area (Å²) in [5, 5.41) is 9.37. The summed E-state index contributed by atoms with van der Waals surface area (Å²) in [5.74, 6) is 1.98. The maximum Gasteiger partial charge on any atom is 0.136 e. The van der Waals surface area contributed by atoms with E-state index in [4.69, 9.17) is 0 Å². The van der Waals surface area contributed by atoms with Crippen LogP contribution in [0, 0.1) is 23.7 Å². The molecule has 4 atom stereocenters. The van der Waals surface area contributed by atoms with E-state index in [2.05, 4.69) is 6.92 Å². The molecule has 80 valence electrons. The third kappa shape index (κ3) is 1.60. The molecule has 0 spiro atoms. The Kier molecular flexibility index (Phi) is 2.91. The fourth-order valence-electron chi connectivity index (χ4n) is 3.40. The van der Waals surface area contributed by atoms with Crippen LogP contribution < -0.4 is 0 Å². The summed E-state index contributed by atoms with van der Waals surface area (Å²) in [4.78, 5) is 11.8. The number of carbonyl (C=O) groups is 1. The fraction of sp³-hybridized carbons (Fsp3) is 0.917. The lowest BCUT2D eigenvalue weighted by atomic mass is 9.62. The van der Waals surface area contributed by atoms with Crippen molar-refractivity contribution in [2.45, 2.75) is 39.0 Å². The second-order valence-electron chi connectivity index (χ2n) is 5.05. The molecule has 0 heterocycles. The normalized spacial score (nSPS) is 43.4. The zero-order valence-corrected chi connectivity index (χ0v) is 8.91. The Morgan fingerprint density at radius 3 is 2.86 bits per heavy atom. The van der Waals surface area contributed by atoms with E-state index in [0.29, 0.717) is 17.6 Å². The van der Waals surface area contributed by atoms with Gasteiger partial charge in [0, 0.05) is 18.9 Å². The van der Waals surface area contributed by atoms with E-state index in [1.54, 1.807) is 0 Å². The number of ketones is 1. The van der Waals surface area contributed by atoms with E-state index < -0.39 is 0 Å². The van der Waals surface area contributed by atoms with E-state index in [1.165, 1.54) is 19.3 Å². The summed E-state index contributed by atoms with van der Waals surface area (Å²) in [7, 11) is 0. The molecular formula is C12H20O2. The molecule has 4 unspecified atom stereocenters. The van der Waals surface area contributed by atoms with Crippen molar-refractivity contribution in [3.8, 4) is 0 Å². The molecule has 2 aliphatic carbocycles. The van der Waals surface area contributed by atoms with Crippen molar-refractivity contribution in [3.05, 3.63) is 0 Å². The lowest BCUT2D eigenvalue weighted by Crippen LogP contribution is -2.42. The highest BCUT2D eigenvalue weighted by Gasteiger charge is 2.42. The van der Waals surface area contributed by atoms with Crippen molar-refractivity contribution in [2.24, 2.45) is 23.7 Å². The Hall–Kier alpha value is -0.370. The van der Waals surface area contributed by atoms with Gasteiger partial charge in [0.05, 0.1) is 0 Å². The molecule has 0 saturated heterocycles. The molecule has 2 saturated carbocycles. The van der Waals surface area contributed by atoms with Crippen molar-refractivity contribution in [1.29, 1.82) is 0 Å². The third-order valence-electron chi connectivity index (χ3n) is 4.27. The molecule has 2 fully saturated rings. The molecule has 2 rings (SSSR count). The summed E-state index contributed by atoms with van der Waals surface area (Å²) in [6.45, 7) is 2.38. The topological polar surface area (TPSA) is 37.3 Å². The number of hydrogen-bond donors (Lipinski definition) is 1. The van der Waals surface area contributed by atoms with Gasteiger partial charge in [0.1, 0.15) is 5.78 Å². The van der Waals surface area contributed by atoms with E-state index in [1.807, 2.05) is 0 Å². The average molecular weight is 196 g/mol. The summed E-state index contributed by atoms with van der Waals surface area (Å²) < 4.78 is 0. The lowest BCUT2D eigenvalue weighted by molar-refractivity contribution is -0.133. The second-order valence-corrected chi connectivity index (χ2v) is 5.05. The molecule has 0 aromatic heterocycles. The first-order chi connectivity index (χ1) is 6.74. The first kappa shape index (κ1) is 10.2. The Balaban J connectivity index is 2.16. The van der Waals surface area contributed by atoms with Gasteiger partial charge in [0.15, 0.2) is 0 Å². The molecule has 2 nitrogen and oxygen atoms in total. The minimum absolute atomic E-state index is 0.192. The zero-order valence-electron chi connectivity index (χ0n) is 8.91. The molecule has 0 amide bonds. The zero-order chi connectivity index (χ0) is 10.1. The van der Waals surface area contributed by atoms with E-state index in [-0.39, 0.29) is 18.4 Å². The van der Waals surface area contributed by atoms with E-state index in [0.717, 1.165) is 12.8 Å². The molecule has 1 N–H and O–H groups in total. The van der Waals surface area contributed by atoms with Crippen molar-refractivity contribution in [1.82, 2.24) is 0 Å². The van der Waals surface area contributed by atoms with Gasteiger partial charge in [-0.2, -0.15) is 0 Å². The fourth-order valence-corrected chi connectivity index (χ4v) is 3.40. The number of rotatable bonds is 1. The molecule has 0 aromatic rings. The van der Waals surface area contributed by atoms with Gasteiger partial charge in [-0.05, 0) is 37.0 Å². The maximum atomic E-state index is 11.8. The summed E-state index contributed by atoms with van der Waals surface area (Å²) in [6, 6.07) is 0. The van der Waals surface area contributed by atoms with Gasteiger partial charge in [-0.25, -0.2) is 0 Å². The predicted octanol–water partition coefficient (Wildman–Crippen LogP) is 2.01. The van der Waals surface area contributed by atoms with Crippen molar-refractivity contribution in [3.63, 3.8) is 0 Å². The van der Waals surface area contributed by atoms with Crippen LogP contribution in [0.5, 0.6) is 0 Å². The monoisotopic (exact) mass is 196 g/mol. The van der Waals surface area contributed by atoms with Gasteiger partial charge in [-0.1, -0.05) is 13.3 Å². The van der Waals surface area contributed by atoms with E-state index in [9.17, 15) is 9.90 Å². The van der Waals surface area contributed by atoms with Crippen LogP contribution in [0.15, 0.2) is 0 Å². The largest absolute Gasteiger partial charge is 0.396 e. The number of carbonyl (C=O) groups excluding carboxylic acids is 1. The van der Waals surface area contributed by atoms with Crippen LogP contribution in [0.1, 0.15) is 39.0 Å². The van der Waals surface area contributed by atoms with Crippen LogP contribution in [-0.2, 0) is 4.79 Å². The summed E-state index contributed by atoms with van der Waals surface area (Å²) in [5.41, 5.74) is 0. The molecular weight excluding hydrogens is 176 g/mol. The van der Waals surface area contributed by atoms with Crippen LogP contribution in [0.3, 0.4) is 0 Å². The molecule has 0 aliphatic heterocycles. The van der Waals surface area contributed by atoms with Crippen molar-refractivity contribution < 1.29 is 9.90 Å². The highest BCUT2D eigenvalue weighted by molar-refractivity contribution is 5.82. The van der Waals surface area contributed by atoms with Gasteiger partial charge in [0.2, 0.25) is 0 Å². The molecule has 2 heteroatoms. The number of aliphatic hydroxyl groups excluding tert-OH is 1. The Morgan fingerprint density at radius 2 is 2.14 bits per heavy atom. The van der Waals surface area contributed by atoms with Crippen molar-refractivity contribution >= 4 is 5.78 Å². The molecule has 2 aliphatic rings. The second kappa shape index (κ2) is 4.01. The Morgan fingerprint density at radius 1 is 1.36 bits per heavy atom. The van der Waals surface area contributed by atoms with Crippen molar-refractivity contribution in [2.75, 3.05) is 6.61 Å². The van der Waals surface area contributed by atoms with E-state index >= 15 is 0 Å². The molecule has 0 bridgehead atoms. The minimum atomic E-state index is 0.192. The highest BCUT2D eigenvalue weighted by Crippen LogP contribution is 2.44. The number of fused-ring (bicyclic) bond motifs is 1. The standard InChI is InChI=1S/C12H20O2/c1-8-5-6-9-3-2-4-11(14)12(9)10(8)7-13/h8-10,12-13H,2-7H2,1H3. The maximum absolute atomic E-state index is 11.8. The number of Topliss-reactive ketones (excluding diaryl/α,β-unsaturated/α-hetero) is 1. The SMILES string of the molecule is CC1CCC2CCCC(=O)C2C1CO. The first-order valence-electron chi connectivity index (χ1n) is 5.87. The highest BCUT2D eigenvalue weighted by atomic mass is 16.3. The van der Waals surface area contributed by atoms with Gasteiger partial charge in [-0.3, -0.25) is 4.79 Å². The van der Waals surface area contributed by atoms with Crippen LogP contribution in [0.25, 0.3) is 0 Å². The Bertz CT molecular complexity index is 224. The molecule has 0 radical (unpaired) electrons. The molecule has 0 aromatic carbocycles. The summed E-state index contributed by atoms with van der Waals surface area (Å²) >= 11 is 0. The quantitative estimate of drug-likeness (QED) is 0.696. The molecule has 14 heavy (non-hydrogen) atoms. The smallest absolute Gasteiger partial charge is 0.136 e. The third-order valence-corrected chi connectivity index (χ3v) is 4.27. The van der Waals surface area contributed by atoms with Gasteiger partial charge < -0.3 is 5.11 Å².